The van der Waals surface area contributed by atoms with Crippen molar-refractivity contribution in [3.63, 3.8) is 0 Å². The predicted molar refractivity (Wildman–Crippen MR) is 97.0 cm³/mol. The fraction of sp³-hybridized carbons (Fsp3) is 0.300. The van der Waals surface area contributed by atoms with Crippen LogP contribution in [0.4, 0.5) is 13.2 Å². The lowest BCUT2D eigenvalue weighted by Crippen LogP contribution is -2.25. The zero-order valence-corrected chi connectivity index (χ0v) is 15.0. The average Bonchev–Trinajstić information content (AvgIpc) is 3.12. The Bertz CT molecular complexity index is 923. The van der Waals surface area contributed by atoms with Gasteiger partial charge in [-0.1, -0.05) is 18.2 Å². The standard InChI is InChI=1S/C20H19F3N4O/c21-20(22,23)28-15-9-7-14(8-10-15)12-25-17-4-3-5-18-16(17)13-26-27(18)19-6-1-2-11-24-19/h1-2,6-11,13,17,25H,3-5,12H2/t17-/m1/s1. The van der Waals surface area contributed by atoms with E-state index in [-0.39, 0.29) is 11.8 Å². The summed E-state index contributed by atoms with van der Waals surface area (Å²) < 4.78 is 42.5. The van der Waals surface area contributed by atoms with Gasteiger partial charge in [0.2, 0.25) is 0 Å². The molecule has 2 heterocycles. The number of nitrogens with zero attached hydrogens (tertiary/aromatic N) is 3. The second-order valence-corrected chi connectivity index (χ2v) is 6.66. The number of rotatable bonds is 5. The molecule has 0 fully saturated rings. The highest BCUT2D eigenvalue weighted by Gasteiger charge is 2.31. The van der Waals surface area contributed by atoms with Crippen LogP contribution in [0.1, 0.15) is 35.7 Å². The molecule has 28 heavy (non-hydrogen) atoms. The van der Waals surface area contributed by atoms with Crippen molar-refractivity contribution < 1.29 is 17.9 Å². The molecule has 0 radical (unpaired) electrons. The van der Waals surface area contributed by atoms with Crippen LogP contribution in [0, 0.1) is 0 Å². The van der Waals surface area contributed by atoms with Crippen LogP contribution in [-0.2, 0) is 13.0 Å². The summed E-state index contributed by atoms with van der Waals surface area (Å²) in [5.41, 5.74) is 3.18. The molecule has 1 aliphatic rings. The fourth-order valence-corrected chi connectivity index (χ4v) is 3.50. The second-order valence-electron chi connectivity index (χ2n) is 6.66. The highest BCUT2D eigenvalue weighted by molar-refractivity contribution is 5.33. The number of pyridine rings is 1. The first-order valence-electron chi connectivity index (χ1n) is 9.06. The number of alkyl halides is 3. The van der Waals surface area contributed by atoms with Crippen molar-refractivity contribution in [1.29, 1.82) is 0 Å². The van der Waals surface area contributed by atoms with Gasteiger partial charge in [0.15, 0.2) is 5.82 Å². The van der Waals surface area contributed by atoms with E-state index in [0.29, 0.717) is 6.54 Å². The van der Waals surface area contributed by atoms with E-state index in [2.05, 4.69) is 20.1 Å². The van der Waals surface area contributed by atoms with E-state index in [9.17, 15) is 13.2 Å². The van der Waals surface area contributed by atoms with Gasteiger partial charge in [0, 0.05) is 24.3 Å². The molecule has 3 aromatic rings. The summed E-state index contributed by atoms with van der Waals surface area (Å²) in [6.45, 7) is 0.547. The van der Waals surface area contributed by atoms with E-state index in [0.717, 1.165) is 41.9 Å². The van der Waals surface area contributed by atoms with Gasteiger partial charge in [-0.3, -0.25) is 0 Å². The van der Waals surface area contributed by atoms with Crippen molar-refractivity contribution in [2.24, 2.45) is 0 Å². The van der Waals surface area contributed by atoms with Gasteiger partial charge in [0.1, 0.15) is 5.75 Å². The second kappa shape index (κ2) is 7.63. The van der Waals surface area contributed by atoms with Gasteiger partial charge >= 0.3 is 6.36 Å². The first-order valence-corrected chi connectivity index (χ1v) is 9.06. The Labute approximate surface area is 160 Å². The minimum atomic E-state index is -4.67. The summed E-state index contributed by atoms with van der Waals surface area (Å²) in [4.78, 5) is 4.37. The number of fused-ring (bicyclic) bond motifs is 1. The molecule has 1 aliphatic carbocycles. The molecule has 0 aliphatic heterocycles. The van der Waals surface area contributed by atoms with Gasteiger partial charge in [-0.2, -0.15) is 5.10 Å². The molecule has 1 atom stereocenters. The van der Waals surface area contributed by atoms with Gasteiger partial charge in [0.25, 0.3) is 0 Å². The SMILES string of the molecule is FC(F)(F)Oc1ccc(CN[C@@H]2CCCc3c2cnn3-c2ccccn2)cc1. The van der Waals surface area contributed by atoms with Gasteiger partial charge in [0.05, 0.1) is 11.9 Å². The number of hydrogen-bond acceptors (Lipinski definition) is 4. The molecule has 0 bridgehead atoms. The van der Waals surface area contributed by atoms with Crippen LogP contribution in [0.3, 0.4) is 0 Å². The largest absolute Gasteiger partial charge is 0.573 e. The number of nitrogens with one attached hydrogen (secondary N) is 1. The van der Waals surface area contributed by atoms with E-state index in [1.165, 1.54) is 12.1 Å². The maximum Gasteiger partial charge on any atom is 0.573 e. The third-order valence-corrected chi connectivity index (χ3v) is 4.76. The summed E-state index contributed by atoms with van der Waals surface area (Å²) in [7, 11) is 0. The van der Waals surface area contributed by atoms with E-state index in [1.807, 2.05) is 29.1 Å². The van der Waals surface area contributed by atoms with Crippen LogP contribution < -0.4 is 10.1 Å². The molecular formula is C20H19F3N4O. The van der Waals surface area contributed by atoms with Crippen molar-refractivity contribution in [3.8, 4) is 11.6 Å². The van der Waals surface area contributed by atoms with Crippen LogP contribution in [0.25, 0.3) is 5.82 Å². The maximum absolute atomic E-state index is 12.3. The molecular weight excluding hydrogens is 369 g/mol. The van der Waals surface area contributed by atoms with Crippen molar-refractivity contribution in [3.05, 3.63) is 71.7 Å². The lowest BCUT2D eigenvalue weighted by molar-refractivity contribution is -0.274. The molecule has 0 saturated heterocycles. The molecule has 0 amide bonds. The molecule has 0 unspecified atom stereocenters. The van der Waals surface area contributed by atoms with E-state index in [1.54, 1.807) is 18.3 Å². The summed E-state index contributed by atoms with van der Waals surface area (Å²) in [6, 6.07) is 11.8. The lowest BCUT2D eigenvalue weighted by Gasteiger charge is -2.24. The summed E-state index contributed by atoms with van der Waals surface area (Å²) >= 11 is 0. The van der Waals surface area contributed by atoms with Crippen LogP contribution in [0.15, 0.2) is 54.9 Å². The van der Waals surface area contributed by atoms with Crippen molar-refractivity contribution in [1.82, 2.24) is 20.1 Å². The van der Waals surface area contributed by atoms with Crippen molar-refractivity contribution in [2.75, 3.05) is 0 Å². The van der Waals surface area contributed by atoms with E-state index < -0.39 is 6.36 Å². The zero-order valence-electron chi connectivity index (χ0n) is 15.0. The van der Waals surface area contributed by atoms with E-state index in [4.69, 9.17) is 0 Å². The summed E-state index contributed by atoms with van der Waals surface area (Å²) in [5, 5.41) is 8.00. The van der Waals surface area contributed by atoms with Gasteiger partial charge < -0.3 is 10.1 Å². The zero-order chi connectivity index (χ0) is 19.6. The van der Waals surface area contributed by atoms with Crippen LogP contribution in [-0.4, -0.2) is 21.1 Å². The Morgan fingerprint density at radius 2 is 1.96 bits per heavy atom. The minimum Gasteiger partial charge on any atom is -0.406 e. The van der Waals surface area contributed by atoms with Crippen LogP contribution >= 0.6 is 0 Å². The van der Waals surface area contributed by atoms with Crippen LogP contribution in [0.5, 0.6) is 5.75 Å². The lowest BCUT2D eigenvalue weighted by atomic mass is 9.92. The molecule has 0 spiro atoms. The monoisotopic (exact) mass is 388 g/mol. The van der Waals surface area contributed by atoms with E-state index >= 15 is 0 Å². The Morgan fingerprint density at radius 3 is 2.68 bits per heavy atom. The molecule has 1 N–H and O–H groups in total. The van der Waals surface area contributed by atoms with Crippen molar-refractivity contribution >= 4 is 0 Å². The Morgan fingerprint density at radius 1 is 1.14 bits per heavy atom. The Hall–Kier alpha value is -2.87. The smallest absolute Gasteiger partial charge is 0.406 e. The maximum atomic E-state index is 12.3. The first-order chi connectivity index (χ1) is 13.5. The average molecular weight is 388 g/mol. The minimum absolute atomic E-state index is 0.146. The topological polar surface area (TPSA) is 52.0 Å². The molecule has 5 nitrogen and oxygen atoms in total. The van der Waals surface area contributed by atoms with Gasteiger partial charge in [-0.05, 0) is 49.1 Å². The Kier molecular flexibility index (Phi) is 5.04. The molecule has 1 aromatic carbocycles. The molecule has 2 aromatic heterocycles. The fourth-order valence-electron chi connectivity index (χ4n) is 3.50. The van der Waals surface area contributed by atoms with Crippen LogP contribution in [0.2, 0.25) is 0 Å². The number of halogens is 3. The quantitative estimate of drug-likeness (QED) is 0.707. The summed E-state index contributed by atoms with van der Waals surface area (Å²) in [5.74, 6) is 0.581. The predicted octanol–water partition coefficient (Wildman–Crippen LogP) is 4.33. The highest BCUT2D eigenvalue weighted by Crippen LogP contribution is 2.31. The third-order valence-electron chi connectivity index (χ3n) is 4.76. The number of aromatic nitrogens is 3. The number of benzene rings is 1. The molecule has 8 heteroatoms. The number of hydrogen-bond donors (Lipinski definition) is 1. The van der Waals surface area contributed by atoms with Crippen molar-refractivity contribution in [2.45, 2.75) is 38.2 Å². The first kappa shape index (κ1) is 18.5. The summed E-state index contributed by atoms with van der Waals surface area (Å²) in [6.07, 6.45) is 1.90. The molecule has 0 saturated carbocycles. The highest BCUT2D eigenvalue weighted by atomic mass is 19.4. The van der Waals surface area contributed by atoms with Gasteiger partial charge in [-0.15, -0.1) is 13.2 Å². The Balaban J connectivity index is 1.44. The normalized spacial score (nSPS) is 16.6. The molecule has 146 valence electrons. The third kappa shape index (κ3) is 4.17. The number of ether oxygens (including phenoxy) is 1. The van der Waals surface area contributed by atoms with Gasteiger partial charge in [-0.25, -0.2) is 9.67 Å². The molecule has 4 rings (SSSR count).